The van der Waals surface area contributed by atoms with E-state index in [1.54, 1.807) is 24.2 Å². The van der Waals surface area contributed by atoms with E-state index in [1.165, 1.54) is 6.33 Å². The van der Waals surface area contributed by atoms with Crippen LogP contribution in [0.5, 0.6) is 11.5 Å². The molecule has 7 heteroatoms. The fourth-order valence-corrected chi connectivity index (χ4v) is 2.78. The zero-order valence-corrected chi connectivity index (χ0v) is 16.4. The van der Waals surface area contributed by atoms with Gasteiger partial charge in [-0.1, -0.05) is 36.4 Å². The fourth-order valence-electron chi connectivity index (χ4n) is 2.78. The number of nitrogens with one attached hydrogen (secondary N) is 1. The molecule has 3 rings (SSSR count). The number of rotatable bonds is 10. The van der Waals surface area contributed by atoms with Gasteiger partial charge in [0.25, 0.3) is 5.91 Å². The molecule has 0 spiro atoms. The number of amides is 1. The monoisotopic (exact) mass is 392 g/mol. The molecular weight excluding hydrogens is 368 g/mol. The lowest BCUT2D eigenvalue weighted by Crippen LogP contribution is -2.28. The van der Waals surface area contributed by atoms with Gasteiger partial charge in [-0.05, 0) is 35.2 Å². The largest absolute Gasteiger partial charge is 0.493 e. The second-order valence-electron chi connectivity index (χ2n) is 6.45. The molecule has 1 amide bonds. The van der Waals surface area contributed by atoms with Crippen molar-refractivity contribution in [3.05, 3.63) is 84.5 Å². The summed E-state index contributed by atoms with van der Waals surface area (Å²) in [7, 11) is 1.58. The molecule has 1 aromatic heterocycles. The van der Waals surface area contributed by atoms with Gasteiger partial charge in [0.05, 0.1) is 13.7 Å². The van der Waals surface area contributed by atoms with Crippen molar-refractivity contribution in [3.8, 4) is 11.5 Å². The van der Waals surface area contributed by atoms with E-state index in [9.17, 15) is 4.79 Å². The number of aromatic nitrogens is 3. The second-order valence-corrected chi connectivity index (χ2v) is 6.45. The third-order valence-corrected chi connectivity index (χ3v) is 4.29. The van der Waals surface area contributed by atoms with Crippen molar-refractivity contribution in [1.82, 2.24) is 20.1 Å². The molecule has 0 bridgehead atoms. The van der Waals surface area contributed by atoms with Crippen LogP contribution in [0.1, 0.15) is 16.7 Å². The Morgan fingerprint density at radius 1 is 1.14 bits per heavy atom. The number of carbonyl (C=O) groups excluding carboxylic acids is 1. The Balaban J connectivity index is 1.47. The summed E-state index contributed by atoms with van der Waals surface area (Å²) in [4.78, 5) is 16.1. The number of hydrogen-bond acceptors (Lipinski definition) is 5. The highest BCUT2D eigenvalue weighted by Gasteiger charge is 2.08. The molecule has 0 radical (unpaired) electrons. The molecule has 3 aromatic rings. The lowest BCUT2D eigenvalue weighted by molar-refractivity contribution is -0.123. The summed E-state index contributed by atoms with van der Waals surface area (Å²) in [5.74, 6) is 0.932. The molecular formula is C22H24N4O3. The van der Waals surface area contributed by atoms with E-state index in [4.69, 9.17) is 9.47 Å². The van der Waals surface area contributed by atoms with E-state index in [1.807, 2.05) is 42.5 Å². The molecule has 0 aliphatic rings. The van der Waals surface area contributed by atoms with Crippen LogP contribution in [-0.4, -0.2) is 34.4 Å². The van der Waals surface area contributed by atoms with E-state index >= 15 is 0 Å². The van der Waals surface area contributed by atoms with Gasteiger partial charge in [-0.2, -0.15) is 5.10 Å². The minimum atomic E-state index is -0.200. The van der Waals surface area contributed by atoms with E-state index in [2.05, 4.69) is 22.0 Å². The third-order valence-electron chi connectivity index (χ3n) is 4.29. The van der Waals surface area contributed by atoms with E-state index in [0.717, 1.165) is 23.1 Å². The maximum atomic E-state index is 12.1. The highest BCUT2D eigenvalue weighted by molar-refractivity contribution is 5.77. The van der Waals surface area contributed by atoms with Gasteiger partial charge in [0.2, 0.25) is 0 Å². The van der Waals surface area contributed by atoms with Crippen LogP contribution >= 0.6 is 0 Å². The van der Waals surface area contributed by atoms with Crippen LogP contribution in [0.4, 0.5) is 0 Å². The first-order chi connectivity index (χ1) is 14.2. The third kappa shape index (κ3) is 5.93. The fraction of sp³-hybridized carbons (Fsp3) is 0.227. The summed E-state index contributed by atoms with van der Waals surface area (Å²) in [5, 5.41) is 6.94. The Morgan fingerprint density at radius 2 is 1.90 bits per heavy atom. The van der Waals surface area contributed by atoms with Crippen LogP contribution in [0.2, 0.25) is 0 Å². The van der Waals surface area contributed by atoms with Crippen molar-refractivity contribution in [2.24, 2.45) is 0 Å². The van der Waals surface area contributed by atoms with Crippen molar-refractivity contribution in [1.29, 1.82) is 0 Å². The minimum Gasteiger partial charge on any atom is -0.493 e. The van der Waals surface area contributed by atoms with Crippen molar-refractivity contribution in [2.45, 2.75) is 19.5 Å². The van der Waals surface area contributed by atoms with E-state index < -0.39 is 0 Å². The molecule has 1 N–H and O–H groups in total. The minimum absolute atomic E-state index is 0.0818. The van der Waals surface area contributed by atoms with Crippen molar-refractivity contribution in [2.75, 3.05) is 13.7 Å². The molecule has 0 aliphatic carbocycles. The highest BCUT2D eigenvalue weighted by atomic mass is 16.5. The van der Waals surface area contributed by atoms with Gasteiger partial charge in [-0.25, -0.2) is 9.67 Å². The van der Waals surface area contributed by atoms with Gasteiger partial charge in [0.1, 0.15) is 12.7 Å². The Labute approximate surface area is 170 Å². The van der Waals surface area contributed by atoms with Gasteiger partial charge in [-0.15, -0.1) is 6.58 Å². The van der Waals surface area contributed by atoms with Gasteiger partial charge < -0.3 is 14.8 Å². The van der Waals surface area contributed by atoms with Crippen LogP contribution in [0.15, 0.2) is 67.8 Å². The average molecular weight is 392 g/mol. The number of benzene rings is 2. The molecule has 2 aromatic carbocycles. The quantitative estimate of drug-likeness (QED) is 0.537. The zero-order chi connectivity index (χ0) is 20.5. The number of methoxy groups -OCH3 is 1. The Kier molecular flexibility index (Phi) is 7.00. The number of carbonyl (C=O) groups is 1. The summed E-state index contributed by atoms with van der Waals surface area (Å²) < 4.78 is 12.7. The lowest BCUT2D eigenvalue weighted by atomic mass is 10.1. The van der Waals surface area contributed by atoms with Gasteiger partial charge >= 0.3 is 0 Å². The van der Waals surface area contributed by atoms with E-state index in [0.29, 0.717) is 24.6 Å². The molecule has 0 fully saturated rings. The van der Waals surface area contributed by atoms with Gasteiger partial charge in [0.15, 0.2) is 18.1 Å². The smallest absolute Gasteiger partial charge is 0.258 e. The normalized spacial score (nSPS) is 10.4. The SMILES string of the molecule is C=CCc1ccc(OCC(=O)NCc2ccc(Cn3cncn3)cc2)c(OC)c1. The van der Waals surface area contributed by atoms with Crippen LogP contribution < -0.4 is 14.8 Å². The molecule has 150 valence electrons. The topological polar surface area (TPSA) is 78.3 Å². The first-order valence-electron chi connectivity index (χ1n) is 9.25. The molecule has 0 aliphatic heterocycles. The van der Waals surface area contributed by atoms with E-state index in [-0.39, 0.29) is 12.5 Å². The molecule has 29 heavy (non-hydrogen) atoms. The van der Waals surface area contributed by atoms with Crippen LogP contribution in [0, 0.1) is 0 Å². The second kappa shape index (κ2) is 10.1. The highest BCUT2D eigenvalue weighted by Crippen LogP contribution is 2.28. The summed E-state index contributed by atoms with van der Waals surface area (Å²) in [6, 6.07) is 13.6. The average Bonchev–Trinajstić information content (AvgIpc) is 3.25. The van der Waals surface area contributed by atoms with Crippen molar-refractivity contribution < 1.29 is 14.3 Å². The number of ether oxygens (including phenoxy) is 2. The lowest BCUT2D eigenvalue weighted by Gasteiger charge is -2.12. The van der Waals surface area contributed by atoms with Crippen LogP contribution in [-0.2, 0) is 24.3 Å². The predicted octanol–water partition coefficient (Wildman–Crippen LogP) is 2.76. The summed E-state index contributed by atoms with van der Waals surface area (Å²) >= 11 is 0. The molecule has 0 saturated carbocycles. The number of hydrogen-bond donors (Lipinski definition) is 1. The summed E-state index contributed by atoms with van der Waals surface area (Å²) in [5.41, 5.74) is 3.19. The first-order valence-corrected chi connectivity index (χ1v) is 9.25. The predicted molar refractivity (Wildman–Crippen MR) is 110 cm³/mol. The van der Waals surface area contributed by atoms with Crippen LogP contribution in [0.25, 0.3) is 0 Å². The number of nitrogens with zero attached hydrogens (tertiary/aromatic N) is 3. The maximum absolute atomic E-state index is 12.1. The van der Waals surface area contributed by atoms with Crippen molar-refractivity contribution >= 4 is 5.91 Å². The Hall–Kier alpha value is -3.61. The van der Waals surface area contributed by atoms with Crippen molar-refractivity contribution in [3.63, 3.8) is 0 Å². The molecule has 0 atom stereocenters. The first kappa shape index (κ1) is 20.1. The Bertz CT molecular complexity index is 937. The Morgan fingerprint density at radius 3 is 2.59 bits per heavy atom. The maximum Gasteiger partial charge on any atom is 0.258 e. The molecule has 0 unspecified atom stereocenters. The molecule has 0 saturated heterocycles. The zero-order valence-electron chi connectivity index (χ0n) is 16.4. The standard InChI is InChI=1S/C22H24N4O3/c1-3-4-17-9-10-20(21(11-17)28-2)29-14-22(27)24-12-18-5-7-19(8-6-18)13-26-16-23-15-25-26/h3,5-11,15-16H,1,4,12-14H2,2H3,(H,24,27). The summed E-state index contributed by atoms with van der Waals surface area (Å²) in [6.45, 7) is 4.74. The molecule has 7 nitrogen and oxygen atoms in total. The summed E-state index contributed by atoms with van der Waals surface area (Å²) in [6.07, 6.45) is 5.76. The number of allylic oxidation sites excluding steroid dienone is 1. The molecule has 1 heterocycles. The van der Waals surface area contributed by atoms with Crippen LogP contribution in [0.3, 0.4) is 0 Å². The van der Waals surface area contributed by atoms with Gasteiger partial charge in [0, 0.05) is 6.54 Å². The van der Waals surface area contributed by atoms with Gasteiger partial charge in [-0.3, -0.25) is 4.79 Å².